The summed E-state index contributed by atoms with van der Waals surface area (Å²) in [5.74, 6) is -1.05. The minimum absolute atomic E-state index is 0.00620. The van der Waals surface area contributed by atoms with Gasteiger partial charge in [-0.3, -0.25) is 9.59 Å². The number of rotatable bonds is 7. The molecule has 1 atom stereocenters. The topological polar surface area (TPSA) is 80.8 Å². The maximum atomic E-state index is 12.9. The third kappa shape index (κ3) is 5.53. The predicted molar refractivity (Wildman–Crippen MR) is 102 cm³/mol. The van der Waals surface area contributed by atoms with E-state index in [2.05, 4.69) is 0 Å². The highest BCUT2D eigenvalue weighted by Gasteiger charge is 2.39. The summed E-state index contributed by atoms with van der Waals surface area (Å²) in [6, 6.07) is 5.59. The summed E-state index contributed by atoms with van der Waals surface area (Å²) in [6.07, 6.45) is 4.71. The van der Waals surface area contributed by atoms with Crippen LogP contribution in [0.2, 0.25) is 0 Å². The van der Waals surface area contributed by atoms with E-state index in [4.69, 9.17) is 4.74 Å². The Labute approximate surface area is 165 Å². The summed E-state index contributed by atoms with van der Waals surface area (Å²) in [4.78, 5) is 26.4. The molecule has 0 N–H and O–H groups in total. The lowest BCUT2D eigenvalue weighted by molar-refractivity contribution is -0.154. The van der Waals surface area contributed by atoms with E-state index in [0.29, 0.717) is 12.8 Å². The molecule has 154 valence electrons. The molecule has 0 radical (unpaired) electrons. The van der Waals surface area contributed by atoms with Gasteiger partial charge in [-0.1, -0.05) is 25.0 Å². The highest BCUT2D eigenvalue weighted by atomic mass is 32.2. The van der Waals surface area contributed by atoms with Crippen LogP contribution in [-0.4, -0.2) is 55.4 Å². The van der Waals surface area contributed by atoms with Gasteiger partial charge in [-0.15, -0.1) is 0 Å². The Hall–Kier alpha value is -1.96. The number of carbonyl (C=O) groups is 2. The lowest BCUT2D eigenvalue weighted by Gasteiger charge is -2.33. The number of ether oxygens (including phenoxy) is 1. The van der Waals surface area contributed by atoms with Crippen LogP contribution in [0.3, 0.4) is 0 Å². The summed E-state index contributed by atoms with van der Waals surface area (Å²) < 4.78 is 41.7. The zero-order chi connectivity index (χ0) is 20.1. The van der Waals surface area contributed by atoms with Gasteiger partial charge >= 0.3 is 5.97 Å². The van der Waals surface area contributed by atoms with Crippen LogP contribution in [-0.2, 0) is 30.6 Å². The number of aryl methyl sites for hydroxylation is 1. The highest BCUT2D eigenvalue weighted by molar-refractivity contribution is 7.91. The zero-order valence-corrected chi connectivity index (χ0v) is 16.6. The van der Waals surface area contributed by atoms with Gasteiger partial charge in [0.05, 0.1) is 11.5 Å². The Morgan fingerprint density at radius 1 is 1.07 bits per heavy atom. The molecule has 6 nitrogen and oxygen atoms in total. The third-order valence-electron chi connectivity index (χ3n) is 5.50. The smallest absolute Gasteiger partial charge is 0.306 e. The van der Waals surface area contributed by atoms with E-state index in [9.17, 15) is 22.4 Å². The second-order valence-electron chi connectivity index (χ2n) is 7.58. The van der Waals surface area contributed by atoms with Gasteiger partial charge in [0.25, 0.3) is 5.91 Å². The van der Waals surface area contributed by atoms with Gasteiger partial charge in [-0.25, -0.2) is 12.8 Å². The predicted octanol–water partition coefficient (Wildman–Crippen LogP) is 2.26. The van der Waals surface area contributed by atoms with Crippen LogP contribution in [0.4, 0.5) is 4.39 Å². The molecule has 1 saturated heterocycles. The van der Waals surface area contributed by atoms with Crippen molar-refractivity contribution in [3.05, 3.63) is 35.6 Å². The quantitative estimate of drug-likeness (QED) is 0.643. The molecule has 2 fully saturated rings. The van der Waals surface area contributed by atoms with E-state index in [1.807, 2.05) is 0 Å². The third-order valence-corrected chi connectivity index (χ3v) is 7.25. The lowest BCUT2D eigenvalue weighted by atomic mass is 10.1. The molecule has 0 aromatic heterocycles. The minimum Gasteiger partial charge on any atom is -0.456 e. The van der Waals surface area contributed by atoms with Crippen molar-refractivity contribution in [1.82, 2.24) is 4.90 Å². The maximum Gasteiger partial charge on any atom is 0.306 e. The number of benzene rings is 1. The number of hydrogen-bond acceptors (Lipinski definition) is 5. The lowest BCUT2D eigenvalue weighted by Crippen LogP contribution is -2.48. The van der Waals surface area contributed by atoms with E-state index in [1.165, 1.54) is 12.1 Å². The Morgan fingerprint density at radius 2 is 1.75 bits per heavy atom. The van der Waals surface area contributed by atoms with E-state index >= 15 is 0 Å². The SMILES string of the molecule is O=C(CCc1ccc(F)cc1)OCC(=O)N(C1CCCC1)C1CCS(=O)(=O)C1. The van der Waals surface area contributed by atoms with E-state index in [1.54, 1.807) is 17.0 Å². The molecule has 1 saturated carbocycles. The average molecular weight is 411 g/mol. The Morgan fingerprint density at radius 3 is 2.36 bits per heavy atom. The number of amides is 1. The summed E-state index contributed by atoms with van der Waals surface area (Å²) in [6.45, 7) is -0.366. The minimum atomic E-state index is -3.11. The van der Waals surface area contributed by atoms with Gasteiger partial charge in [0.1, 0.15) is 5.82 Å². The van der Waals surface area contributed by atoms with Crippen LogP contribution >= 0.6 is 0 Å². The maximum absolute atomic E-state index is 12.9. The Balaban J connectivity index is 1.52. The molecule has 1 aromatic rings. The number of halogens is 1. The van der Waals surface area contributed by atoms with Gasteiger partial charge in [-0.2, -0.15) is 0 Å². The van der Waals surface area contributed by atoms with E-state index < -0.39 is 15.8 Å². The van der Waals surface area contributed by atoms with E-state index in [-0.39, 0.29) is 48.3 Å². The molecular formula is C20H26FNO5S. The monoisotopic (exact) mass is 411 g/mol. The summed E-state index contributed by atoms with van der Waals surface area (Å²) in [5, 5.41) is 0. The molecule has 28 heavy (non-hydrogen) atoms. The van der Waals surface area contributed by atoms with Gasteiger partial charge in [0, 0.05) is 18.5 Å². The van der Waals surface area contributed by atoms with Crippen molar-refractivity contribution < 1.29 is 27.1 Å². The second kappa shape index (κ2) is 9.03. The van der Waals surface area contributed by atoms with Crippen LogP contribution in [0.5, 0.6) is 0 Å². The normalized spacial score (nSPS) is 21.5. The van der Waals surface area contributed by atoms with Gasteiger partial charge in [-0.05, 0) is 43.4 Å². The van der Waals surface area contributed by atoms with Crippen molar-refractivity contribution >= 4 is 21.7 Å². The Kier molecular flexibility index (Phi) is 6.69. The molecule has 8 heteroatoms. The number of hydrogen-bond donors (Lipinski definition) is 0. The molecule has 1 aromatic carbocycles. The first-order valence-electron chi connectivity index (χ1n) is 9.76. The number of sulfone groups is 1. The molecular weight excluding hydrogens is 385 g/mol. The number of esters is 1. The molecule has 3 rings (SSSR count). The Bertz CT molecular complexity index is 802. The molecule has 0 bridgehead atoms. The first-order chi connectivity index (χ1) is 13.3. The highest BCUT2D eigenvalue weighted by Crippen LogP contribution is 2.29. The van der Waals surface area contributed by atoms with Crippen molar-refractivity contribution in [3.8, 4) is 0 Å². The summed E-state index contributed by atoms with van der Waals surface area (Å²) in [5.41, 5.74) is 0.813. The first-order valence-corrected chi connectivity index (χ1v) is 11.6. The fraction of sp³-hybridized carbons (Fsp3) is 0.600. The van der Waals surface area contributed by atoms with Crippen molar-refractivity contribution in [2.24, 2.45) is 0 Å². The van der Waals surface area contributed by atoms with Crippen LogP contribution < -0.4 is 0 Å². The largest absolute Gasteiger partial charge is 0.456 e. The van der Waals surface area contributed by atoms with Crippen LogP contribution in [0.25, 0.3) is 0 Å². The van der Waals surface area contributed by atoms with Crippen LogP contribution in [0, 0.1) is 5.82 Å². The number of nitrogens with zero attached hydrogens (tertiary/aromatic N) is 1. The summed E-state index contributed by atoms with van der Waals surface area (Å²) >= 11 is 0. The second-order valence-corrected chi connectivity index (χ2v) is 9.81. The molecule has 0 spiro atoms. The van der Waals surface area contributed by atoms with Crippen molar-refractivity contribution in [2.45, 2.75) is 57.0 Å². The molecule has 1 unspecified atom stereocenters. The molecule has 1 heterocycles. The molecule has 2 aliphatic rings. The van der Waals surface area contributed by atoms with E-state index in [0.717, 1.165) is 31.2 Å². The summed E-state index contributed by atoms with van der Waals surface area (Å²) in [7, 11) is -3.11. The van der Waals surface area contributed by atoms with Gasteiger partial charge in [0.15, 0.2) is 16.4 Å². The van der Waals surface area contributed by atoms with Crippen molar-refractivity contribution in [3.63, 3.8) is 0 Å². The standard InChI is InChI=1S/C20H26FNO5S/c21-16-8-5-15(6-9-16)7-10-20(24)27-13-19(23)22(17-3-1-2-4-17)18-11-12-28(25,26)14-18/h5-6,8-9,17-18H,1-4,7,10-14H2. The van der Waals surface area contributed by atoms with Crippen LogP contribution in [0.15, 0.2) is 24.3 Å². The van der Waals surface area contributed by atoms with Crippen LogP contribution in [0.1, 0.15) is 44.1 Å². The molecule has 1 aliphatic carbocycles. The molecule has 1 amide bonds. The van der Waals surface area contributed by atoms with Crippen molar-refractivity contribution in [2.75, 3.05) is 18.1 Å². The molecule has 1 aliphatic heterocycles. The fourth-order valence-corrected chi connectivity index (χ4v) is 5.78. The number of carbonyl (C=O) groups excluding carboxylic acids is 2. The zero-order valence-electron chi connectivity index (χ0n) is 15.8. The first kappa shape index (κ1) is 20.8. The fourth-order valence-electron chi connectivity index (χ4n) is 4.07. The van der Waals surface area contributed by atoms with Gasteiger partial charge < -0.3 is 9.64 Å². The van der Waals surface area contributed by atoms with Gasteiger partial charge in [0.2, 0.25) is 0 Å². The van der Waals surface area contributed by atoms with Crippen molar-refractivity contribution in [1.29, 1.82) is 0 Å². The average Bonchev–Trinajstić information content (AvgIpc) is 3.30.